The Bertz CT molecular complexity index is 846. The lowest BCUT2D eigenvalue weighted by molar-refractivity contribution is -0.121. The highest BCUT2D eigenvalue weighted by atomic mass is 32.2. The Morgan fingerprint density at radius 1 is 1.22 bits per heavy atom. The van der Waals surface area contributed by atoms with Gasteiger partial charge in [-0.05, 0) is 23.8 Å². The molecule has 1 aromatic heterocycles. The fourth-order valence-electron chi connectivity index (χ4n) is 3.00. The van der Waals surface area contributed by atoms with Crippen molar-refractivity contribution in [1.82, 2.24) is 20.1 Å². The first kappa shape index (κ1) is 19.1. The third-order valence-corrected chi connectivity index (χ3v) is 5.26. The van der Waals surface area contributed by atoms with Crippen molar-refractivity contribution in [2.45, 2.75) is 38.4 Å². The molecule has 2 heterocycles. The summed E-state index contributed by atoms with van der Waals surface area (Å²) in [7, 11) is 0. The average molecular weight is 387 g/mol. The van der Waals surface area contributed by atoms with E-state index in [1.54, 1.807) is 24.3 Å². The number of nitrogens with zero attached hydrogens (tertiary/aromatic N) is 3. The molecule has 142 valence electrons. The number of imide groups is 1. The number of anilines is 1. The smallest absolute Gasteiger partial charge is 0.262 e. The lowest BCUT2D eigenvalue weighted by Crippen LogP contribution is -2.50. The quantitative estimate of drug-likeness (QED) is 0.558. The molecule has 0 bridgehead atoms. The Balaban J connectivity index is 1.87. The topological polar surface area (TPSA) is 108 Å². The normalized spacial score (nSPS) is 15.6. The fraction of sp³-hybridized carbons (Fsp3) is 0.389. The second-order valence-corrected chi connectivity index (χ2v) is 7.48. The highest BCUT2D eigenvalue weighted by Gasteiger charge is 2.44. The maximum absolute atomic E-state index is 13.0. The van der Waals surface area contributed by atoms with Gasteiger partial charge in [-0.3, -0.25) is 24.6 Å². The lowest BCUT2D eigenvalue weighted by atomic mass is 9.96. The number of benzene rings is 1. The zero-order chi connectivity index (χ0) is 19.6. The van der Waals surface area contributed by atoms with Crippen LogP contribution in [0.5, 0.6) is 0 Å². The average Bonchev–Trinajstić information content (AvgIpc) is 3.20. The predicted molar refractivity (Wildman–Crippen MR) is 102 cm³/mol. The van der Waals surface area contributed by atoms with Gasteiger partial charge in [0, 0.05) is 0 Å². The van der Waals surface area contributed by atoms with Crippen LogP contribution in [0.3, 0.4) is 0 Å². The third-order valence-electron chi connectivity index (χ3n) is 4.54. The standard InChI is InChI=1S/C18H21N5O3S/c1-4-10(3)13(14(24)19-17-20-18(22-21-17)27-5-2)23-15(25)11-8-6-7-9-12(11)16(23)26/h6-10,13H,4-5H2,1-3H3,(H2,19,20,21,22,24). The van der Waals surface area contributed by atoms with Crippen LogP contribution in [0.2, 0.25) is 0 Å². The molecule has 2 atom stereocenters. The molecule has 0 aliphatic carbocycles. The molecule has 0 spiro atoms. The van der Waals surface area contributed by atoms with Crippen LogP contribution >= 0.6 is 11.8 Å². The van der Waals surface area contributed by atoms with Crippen molar-refractivity contribution in [2.75, 3.05) is 11.1 Å². The first-order valence-electron chi connectivity index (χ1n) is 8.80. The minimum atomic E-state index is -0.935. The molecule has 0 saturated heterocycles. The number of H-pyrrole nitrogens is 1. The highest BCUT2D eigenvalue weighted by Crippen LogP contribution is 2.28. The van der Waals surface area contributed by atoms with Crippen LogP contribution in [0.4, 0.5) is 5.95 Å². The molecular weight excluding hydrogens is 366 g/mol. The zero-order valence-electron chi connectivity index (χ0n) is 15.4. The molecular formula is C18H21N5O3S. The first-order valence-corrected chi connectivity index (χ1v) is 9.79. The molecule has 9 heteroatoms. The Morgan fingerprint density at radius 3 is 2.41 bits per heavy atom. The van der Waals surface area contributed by atoms with Crippen LogP contribution in [0, 0.1) is 5.92 Å². The zero-order valence-corrected chi connectivity index (χ0v) is 16.2. The van der Waals surface area contributed by atoms with Gasteiger partial charge in [-0.2, -0.15) is 4.98 Å². The van der Waals surface area contributed by atoms with Crippen LogP contribution < -0.4 is 5.32 Å². The van der Waals surface area contributed by atoms with Gasteiger partial charge in [-0.1, -0.05) is 51.1 Å². The summed E-state index contributed by atoms with van der Waals surface area (Å²) in [6, 6.07) is 5.67. The van der Waals surface area contributed by atoms with Crippen molar-refractivity contribution in [3.8, 4) is 0 Å². The van der Waals surface area contributed by atoms with E-state index in [9.17, 15) is 14.4 Å². The minimum Gasteiger partial charge on any atom is -0.293 e. The van der Waals surface area contributed by atoms with Gasteiger partial charge in [-0.25, -0.2) is 5.10 Å². The lowest BCUT2D eigenvalue weighted by Gasteiger charge is -2.29. The number of aromatic amines is 1. The van der Waals surface area contributed by atoms with Gasteiger partial charge >= 0.3 is 0 Å². The fourth-order valence-corrected chi connectivity index (χ4v) is 3.52. The summed E-state index contributed by atoms with van der Waals surface area (Å²) in [5.41, 5.74) is 0.648. The van der Waals surface area contributed by atoms with E-state index in [0.29, 0.717) is 22.7 Å². The molecule has 2 N–H and O–H groups in total. The molecule has 2 unspecified atom stereocenters. The second kappa shape index (κ2) is 7.91. The molecule has 0 fully saturated rings. The first-order chi connectivity index (χ1) is 13.0. The number of fused-ring (bicyclic) bond motifs is 1. The van der Waals surface area contributed by atoms with Crippen LogP contribution in [0.1, 0.15) is 47.9 Å². The SMILES string of the molecule is CCSc1n[nH]c(NC(=O)C(C(C)CC)N2C(=O)c3ccccc3C2=O)n1. The van der Waals surface area contributed by atoms with E-state index in [0.717, 1.165) is 10.7 Å². The van der Waals surface area contributed by atoms with Crippen molar-refractivity contribution in [3.63, 3.8) is 0 Å². The Kier molecular flexibility index (Phi) is 5.59. The minimum absolute atomic E-state index is 0.195. The Labute approximate surface area is 161 Å². The molecule has 1 aromatic carbocycles. The molecule has 27 heavy (non-hydrogen) atoms. The number of hydrogen-bond donors (Lipinski definition) is 2. The summed E-state index contributed by atoms with van der Waals surface area (Å²) in [6.07, 6.45) is 0.624. The number of carbonyl (C=O) groups is 3. The van der Waals surface area contributed by atoms with E-state index in [1.807, 2.05) is 20.8 Å². The molecule has 3 amide bonds. The van der Waals surface area contributed by atoms with E-state index in [4.69, 9.17) is 0 Å². The number of hydrogen-bond acceptors (Lipinski definition) is 6. The van der Waals surface area contributed by atoms with Crippen LogP contribution in [0.15, 0.2) is 29.4 Å². The van der Waals surface area contributed by atoms with Gasteiger partial charge < -0.3 is 0 Å². The van der Waals surface area contributed by atoms with Gasteiger partial charge in [0.25, 0.3) is 11.8 Å². The number of rotatable bonds is 7. The van der Waals surface area contributed by atoms with E-state index in [2.05, 4.69) is 20.5 Å². The summed E-state index contributed by atoms with van der Waals surface area (Å²) in [5, 5.41) is 9.84. The van der Waals surface area contributed by atoms with Gasteiger partial charge in [-0.15, -0.1) is 5.10 Å². The molecule has 8 nitrogen and oxygen atoms in total. The molecule has 0 saturated carbocycles. The van der Waals surface area contributed by atoms with Crippen molar-refractivity contribution >= 4 is 35.4 Å². The van der Waals surface area contributed by atoms with E-state index >= 15 is 0 Å². The van der Waals surface area contributed by atoms with Crippen LogP contribution in [-0.4, -0.2) is 49.6 Å². The van der Waals surface area contributed by atoms with Crippen LogP contribution in [0.25, 0.3) is 0 Å². The van der Waals surface area contributed by atoms with E-state index in [-0.39, 0.29) is 11.9 Å². The van der Waals surface area contributed by atoms with Crippen LogP contribution in [-0.2, 0) is 4.79 Å². The Morgan fingerprint density at radius 2 is 1.85 bits per heavy atom. The summed E-state index contributed by atoms with van der Waals surface area (Å²) in [5.74, 6) is -0.592. The van der Waals surface area contributed by atoms with E-state index < -0.39 is 23.8 Å². The number of amides is 3. The maximum atomic E-state index is 13.0. The van der Waals surface area contributed by atoms with Crippen molar-refractivity contribution < 1.29 is 14.4 Å². The van der Waals surface area contributed by atoms with Crippen molar-refractivity contribution in [1.29, 1.82) is 0 Å². The third kappa shape index (κ3) is 3.59. The maximum Gasteiger partial charge on any atom is 0.262 e. The number of aromatic nitrogens is 3. The Hall–Kier alpha value is -2.68. The molecule has 1 aliphatic heterocycles. The van der Waals surface area contributed by atoms with E-state index in [1.165, 1.54) is 11.8 Å². The largest absolute Gasteiger partial charge is 0.293 e. The number of carbonyl (C=O) groups excluding carboxylic acids is 3. The molecule has 0 radical (unpaired) electrons. The molecule has 1 aliphatic rings. The van der Waals surface area contributed by atoms with Gasteiger partial charge in [0.05, 0.1) is 11.1 Å². The molecule has 2 aromatic rings. The monoisotopic (exact) mass is 387 g/mol. The summed E-state index contributed by atoms with van der Waals surface area (Å²) < 4.78 is 0. The predicted octanol–water partition coefficient (Wildman–Crippen LogP) is 2.57. The van der Waals surface area contributed by atoms with Crippen molar-refractivity contribution in [2.24, 2.45) is 5.92 Å². The van der Waals surface area contributed by atoms with Gasteiger partial charge in [0.15, 0.2) is 0 Å². The second-order valence-electron chi connectivity index (χ2n) is 6.25. The highest BCUT2D eigenvalue weighted by molar-refractivity contribution is 7.99. The number of nitrogens with one attached hydrogen (secondary N) is 2. The number of thioether (sulfide) groups is 1. The summed E-state index contributed by atoms with van der Waals surface area (Å²) in [6.45, 7) is 5.72. The van der Waals surface area contributed by atoms with Crippen molar-refractivity contribution in [3.05, 3.63) is 35.4 Å². The summed E-state index contributed by atoms with van der Waals surface area (Å²) in [4.78, 5) is 43.8. The van der Waals surface area contributed by atoms with Gasteiger partial charge in [0.1, 0.15) is 6.04 Å². The molecule has 3 rings (SSSR count). The van der Waals surface area contributed by atoms with Gasteiger partial charge in [0.2, 0.25) is 17.0 Å². The summed E-state index contributed by atoms with van der Waals surface area (Å²) >= 11 is 1.44.